The first-order valence-electron chi connectivity index (χ1n) is 6.94. The smallest absolute Gasteiger partial charge is 0.339 e. The van der Waals surface area contributed by atoms with E-state index in [0.29, 0.717) is 16.6 Å². The summed E-state index contributed by atoms with van der Waals surface area (Å²) in [6.07, 6.45) is 1.22. The Morgan fingerprint density at radius 1 is 1.12 bits per heavy atom. The highest BCUT2D eigenvalue weighted by Gasteiger charge is 2.16. The Balaban J connectivity index is 2.22. The number of hydrogen-bond acceptors (Lipinski definition) is 4. The summed E-state index contributed by atoms with van der Waals surface area (Å²) in [5.74, 6) is -2.22. The molecule has 0 saturated carbocycles. The van der Waals surface area contributed by atoms with Gasteiger partial charge in [0.25, 0.3) is 0 Å². The largest absolute Gasteiger partial charge is 0.478 e. The van der Waals surface area contributed by atoms with Crippen LogP contribution >= 0.6 is 0 Å². The van der Waals surface area contributed by atoms with Crippen LogP contribution in [0.5, 0.6) is 0 Å². The monoisotopic (exact) mass is 325 g/mol. The van der Waals surface area contributed by atoms with Gasteiger partial charge in [-0.25, -0.2) is 9.18 Å². The first-order valence-corrected chi connectivity index (χ1v) is 6.94. The molecule has 1 amide bonds. The van der Waals surface area contributed by atoms with Crippen LogP contribution < -0.4 is 11.1 Å². The van der Waals surface area contributed by atoms with Crippen molar-refractivity contribution in [3.05, 3.63) is 65.6 Å². The van der Waals surface area contributed by atoms with E-state index in [-0.39, 0.29) is 16.8 Å². The maximum absolute atomic E-state index is 13.0. The molecule has 3 aromatic rings. The zero-order valence-corrected chi connectivity index (χ0v) is 12.3. The molecule has 0 radical (unpaired) electrons. The Kier molecular flexibility index (Phi) is 3.83. The van der Waals surface area contributed by atoms with Gasteiger partial charge in [-0.05, 0) is 42.5 Å². The molecule has 0 aliphatic carbocycles. The zero-order chi connectivity index (χ0) is 17.3. The minimum Gasteiger partial charge on any atom is -0.478 e. The third kappa shape index (κ3) is 2.87. The summed E-state index contributed by atoms with van der Waals surface area (Å²) >= 11 is 0. The normalized spacial score (nSPS) is 10.5. The second-order valence-corrected chi connectivity index (χ2v) is 5.08. The van der Waals surface area contributed by atoms with E-state index in [2.05, 4.69) is 10.3 Å². The summed E-state index contributed by atoms with van der Waals surface area (Å²) in [6, 6.07) is 10.0. The van der Waals surface area contributed by atoms with Crippen molar-refractivity contribution in [2.45, 2.75) is 0 Å². The summed E-state index contributed by atoms with van der Waals surface area (Å²) in [5.41, 5.74) is 6.68. The Hall–Kier alpha value is -3.48. The number of carboxylic acids is 1. The number of benzene rings is 2. The van der Waals surface area contributed by atoms with E-state index in [1.807, 2.05) is 0 Å². The molecule has 0 atom stereocenters. The molecular formula is C17H12FN3O3. The summed E-state index contributed by atoms with van der Waals surface area (Å²) in [4.78, 5) is 27.0. The second-order valence-electron chi connectivity index (χ2n) is 5.08. The third-order valence-electron chi connectivity index (χ3n) is 3.50. The molecular weight excluding hydrogens is 313 g/mol. The van der Waals surface area contributed by atoms with Gasteiger partial charge < -0.3 is 16.2 Å². The highest BCUT2D eigenvalue weighted by molar-refractivity contribution is 6.07. The molecule has 6 nitrogen and oxygen atoms in total. The Bertz CT molecular complexity index is 950. The second kappa shape index (κ2) is 5.96. The van der Waals surface area contributed by atoms with Crippen LogP contribution in [0.15, 0.2) is 48.7 Å². The highest BCUT2D eigenvalue weighted by atomic mass is 19.1. The van der Waals surface area contributed by atoms with Gasteiger partial charge in [0, 0.05) is 22.8 Å². The van der Waals surface area contributed by atoms with Crippen molar-refractivity contribution in [3.63, 3.8) is 0 Å². The number of anilines is 2. The zero-order valence-electron chi connectivity index (χ0n) is 12.3. The summed E-state index contributed by atoms with van der Waals surface area (Å²) in [6.45, 7) is 0. The van der Waals surface area contributed by atoms with Crippen LogP contribution in [-0.4, -0.2) is 22.0 Å². The number of amides is 1. The molecule has 7 heteroatoms. The Morgan fingerprint density at radius 2 is 1.83 bits per heavy atom. The third-order valence-corrected chi connectivity index (χ3v) is 3.50. The average Bonchev–Trinajstić information content (AvgIpc) is 2.56. The van der Waals surface area contributed by atoms with Crippen LogP contribution in [-0.2, 0) is 0 Å². The van der Waals surface area contributed by atoms with Gasteiger partial charge in [0.15, 0.2) is 0 Å². The number of nitrogens with zero attached hydrogens (tertiary/aromatic N) is 1. The molecule has 4 N–H and O–H groups in total. The van der Waals surface area contributed by atoms with Gasteiger partial charge in [-0.2, -0.15) is 0 Å². The van der Waals surface area contributed by atoms with Crippen LogP contribution in [0.2, 0.25) is 0 Å². The van der Waals surface area contributed by atoms with Crippen LogP contribution in [0, 0.1) is 5.82 Å². The predicted octanol–water partition coefficient (Wildman–Crippen LogP) is 2.91. The van der Waals surface area contributed by atoms with Crippen molar-refractivity contribution >= 4 is 34.2 Å². The van der Waals surface area contributed by atoms with Crippen molar-refractivity contribution in [1.82, 2.24) is 4.98 Å². The molecule has 120 valence electrons. The molecule has 0 aliphatic heterocycles. The lowest BCUT2D eigenvalue weighted by atomic mass is 10.1. The van der Waals surface area contributed by atoms with E-state index in [4.69, 9.17) is 5.73 Å². The van der Waals surface area contributed by atoms with E-state index in [1.54, 1.807) is 6.07 Å². The number of carboxylic acid groups (broad SMARTS) is 1. The number of carbonyl (C=O) groups is 2. The van der Waals surface area contributed by atoms with Crippen molar-refractivity contribution < 1.29 is 19.1 Å². The maximum Gasteiger partial charge on any atom is 0.339 e. The average molecular weight is 325 g/mol. The number of nitrogens with one attached hydrogen (secondary N) is 1. The number of aromatic carboxylic acids is 1. The van der Waals surface area contributed by atoms with Gasteiger partial charge in [-0.1, -0.05) is 0 Å². The minimum atomic E-state index is -1.18. The SMILES string of the molecule is NC(=O)c1ccc2ncc(C(=O)O)c(Nc3ccc(F)cc3)c2c1. The number of rotatable bonds is 4. The molecule has 0 bridgehead atoms. The maximum atomic E-state index is 13.0. The Labute approximate surface area is 135 Å². The van der Waals surface area contributed by atoms with Gasteiger partial charge >= 0.3 is 5.97 Å². The van der Waals surface area contributed by atoms with E-state index < -0.39 is 17.7 Å². The number of fused-ring (bicyclic) bond motifs is 1. The molecule has 1 aromatic heterocycles. The van der Waals surface area contributed by atoms with Crippen LogP contribution in [0.1, 0.15) is 20.7 Å². The first kappa shape index (κ1) is 15.4. The fraction of sp³-hybridized carbons (Fsp3) is 0. The topological polar surface area (TPSA) is 105 Å². The number of nitrogens with two attached hydrogens (primary N) is 1. The fourth-order valence-electron chi connectivity index (χ4n) is 2.32. The fourth-order valence-corrected chi connectivity index (χ4v) is 2.32. The molecule has 0 spiro atoms. The molecule has 3 rings (SSSR count). The summed E-state index contributed by atoms with van der Waals surface area (Å²) in [7, 11) is 0. The van der Waals surface area contributed by atoms with Crippen molar-refractivity contribution in [2.75, 3.05) is 5.32 Å². The van der Waals surface area contributed by atoms with E-state index in [1.165, 1.54) is 42.6 Å². The van der Waals surface area contributed by atoms with Gasteiger partial charge in [0.1, 0.15) is 11.4 Å². The number of hydrogen-bond donors (Lipinski definition) is 3. The molecule has 0 aliphatic rings. The van der Waals surface area contributed by atoms with Crippen molar-refractivity contribution in [2.24, 2.45) is 5.73 Å². The lowest BCUT2D eigenvalue weighted by molar-refractivity contribution is 0.0697. The van der Waals surface area contributed by atoms with Gasteiger partial charge in [0.05, 0.1) is 11.2 Å². The van der Waals surface area contributed by atoms with Crippen molar-refractivity contribution in [1.29, 1.82) is 0 Å². The summed E-state index contributed by atoms with van der Waals surface area (Å²) in [5, 5.41) is 12.8. The van der Waals surface area contributed by atoms with Crippen LogP contribution in [0.3, 0.4) is 0 Å². The molecule has 1 heterocycles. The standard InChI is InChI=1S/C17H12FN3O3/c18-10-2-4-11(5-3-10)21-15-12-7-9(16(19)22)1-6-14(12)20-8-13(15)17(23)24/h1-8H,(H2,19,22)(H,20,21)(H,23,24). The molecule has 24 heavy (non-hydrogen) atoms. The first-order chi connectivity index (χ1) is 11.5. The summed E-state index contributed by atoms with van der Waals surface area (Å²) < 4.78 is 13.0. The number of aromatic nitrogens is 1. The number of carbonyl (C=O) groups excluding carboxylic acids is 1. The van der Waals surface area contributed by atoms with E-state index in [0.717, 1.165) is 0 Å². The van der Waals surface area contributed by atoms with Gasteiger partial charge in [-0.15, -0.1) is 0 Å². The minimum absolute atomic E-state index is 0.0755. The number of primary amides is 1. The number of halogens is 1. The van der Waals surface area contributed by atoms with E-state index >= 15 is 0 Å². The lowest BCUT2D eigenvalue weighted by Gasteiger charge is -2.13. The van der Waals surface area contributed by atoms with Gasteiger partial charge in [0.2, 0.25) is 5.91 Å². The molecule has 0 saturated heterocycles. The predicted molar refractivity (Wildman–Crippen MR) is 86.9 cm³/mol. The molecule has 0 fully saturated rings. The lowest BCUT2D eigenvalue weighted by Crippen LogP contribution is -2.11. The molecule has 0 unspecified atom stereocenters. The highest BCUT2D eigenvalue weighted by Crippen LogP contribution is 2.30. The van der Waals surface area contributed by atoms with E-state index in [9.17, 15) is 19.1 Å². The number of pyridine rings is 1. The van der Waals surface area contributed by atoms with Crippen LogP contribution in [0.4, 0.5) is 15.8 Å². The Morgan fingerprint density at radius 3 is 2.46 bits per heavy atom. The van der Waals surface area contributed by atoms with Crippen molar-refractivity contribution in [3.8, 4) is 0 Å². The quantitative estimate of drug-likeness (QED) is 0.684. The van der Waals surface area contributed by atoms with Gasteiger partial charge in [-0.3, -0.25) is 9.78 Å². The molecule has 2 aromatic carbocycles. The van der Waals surface area contributed by atoms with Crippen LogP contribution in [0.25, 0.3) is 10.9 Å².